The number of hydrazine groups is 1. The van der Waals surface area contributed by atoms with Crippen LogP contribution in [0.1, 0.15) is 24.0 Å². The highest BCUT2D eigenvalue weighted by Gasteiger charge is 2.50. The van der Waals surface area contributed by atoms with E-state index in [1.807, 2.05) is 18.2 Å². The van der Waals surface area contributed by atoms with Crippen molar-refractivity contribution in [2.24, 2.45) is 5.84 Å². The SMILES string of the molecule is NNC(Cc1ccc(F)c(Br)c1)C1(c2ccccc2)CC1. The van der Waals surface area contributed by atoms with Gasteiger partial charge in [-0.1, -0.05) is 36.4 Å². The lowest BCUT2D eigenvalue weighted by atomic mass is 9.85. The van der Waals surface area contributed by atoms with Crippen molar-refractivity contribution in [3.8, 4) is 0 Å². The van der Waals surface area contributed by atoms with Gasteiger partial charge in [0, 0.05) is 11.5 Å². The Hall–Kier alpha value is -1.23. The van der Waals surface area contributed by atoms with E-state index in [9.17, 15) is 4.39 Å². The van der Waals surface area contributed by atoms with E-state index in [0.29, 0.717) is 4.47 Å². The van der Waals surface area contributed by atoms with Crippen molar-refractivity contribution in [3.05, 3.63) is 69.9 Å². The fourth-order valence-electron chi connectivity index (χ4n) is 3.06. The number of hydrogen-bond acceptors (Lipinski definition) is 2. The molecule has 0 amide bonds. The Balaban J connectivity index is 1.84. The predicted octanol–water partition coefficient (Wildman–Crippen LogP) is 3.69. The first-order chi connectivity index (χ1) is 10.2. The molecule has 2 aromatic carbocycles. The molecule has 4 heteroatoms. The van der Waals surface area contributed by atoms with Crippen LogP contribution in [0, 0.1) is 5.82 Å². The minimum absolute atomic E-state index is 0.108. The van der Waals surface area contributed by atoms with Gasteiger partial charge in [0.25, 0.3) is 0 Å². The zero-order valence-corrected chi connectivity index (χ0v) is 13.2. The maximum Gasteiger partial charge on any atom is 0.137 e. The first-order valence-electron chi connectivity index (χ1n) is 7.11. The quantitative estimate of drug-likeness (QED) is 0.638. The third-order valence-electron chi connectivity index (χ3n) is 4.43. The van der Waals surface area contributed by atoms with Crippen molar-refractivity contribution in [1.82, 2.24) is 5.43 Å². The number of hydrogen-bond donors (Lipinski definition) is 2. The molecule has 2 aromatic rings. The van der Waals surface area contributed by atoms with Crippen molar-refractivity contribution in [1.29, 1.82) is 0 Å². The highest BCUT2D eigenvalue weighted by molar-refractivity contribution is 9.10. The lowest BCUT2D eigenvalue weighted by Gasteiger charge is -2.27. The second-order valence-electron chi connectivity index (χ2n) is 5.69. The molecule has 110 valence electrons. The second-order valence-corrected chi connectivity index (χ2v) is 6.55. The molecule has 0 aromatic heterocycles. The smallest absolute Gasteiger partial charge is 0.137 e. The van der Waals surface area contributed by atoms with E-state index in [4.69, 9.17) is 5.84 Å². The van der Waals surface area contributed by atoms with Crippen LogP contribution in [0.15, 0.2) is 53.0 Å². The fourth-order valence-corrected chi connectivity index (χ4v) is 3.49. The van der Waals surface area contributed by atoms with Gasteiger partial charge in [-0.15, -0.1) is 0 Å². The van der Waals surface area contributed by atoms with Crippen molar-refractivity contribution in [2.75, 3.05) is 0 Å². The van der Waals surface area contributed by atoms with Gasteiger partial charge in [-0.3, -0.25) is 11.3 Å². The molecule has 0 heterocycles. The van der Waals surface area contributed by atoms with Crippen LogP contribution in [-0.2, 0) is 11.8 Å². The van der Waals surface area contributed by atoms with Crippen LogP contribution in [0.25, 0.3) is 0 Å². The van der Waals surface area contributed by atoms with Crippen LogP contribution >= 0.6 is 15.9 Å². The predicted molar refractivity (Wildman–Crippen MR) is 86.3 cm³/mol. The van der Waals surface area contributed by atoms with E-state index in [2.05, 4.69) is 45.6 Å². The van der Waals surface area contributed by atoms with E-state index in [1.54, 1.807) is 0 Å². The highest BCUT2D eigenvalue weighted by atomic mass is 79.9. The Labute approximate surface area is 132 Å². The summed E-state index contributed by atoms with van der Waals surface area (Å²) in [6.07, 6.45) is 3.05. The Morgan fingerprint density at radius 2 is 1.90 bits per heavy atom. The van der Waals surface area contributed by atoms with E-state index >= 15 is 0 Å². The van der Waals surface area contributed by atoms with Gasteiger partial charge < -0.3 is 0 Å². The zero-order valence-electron chi connectivity index (χ0n) is 11.7. The zero-order chi connectivity index (χ0) is 14.9. The molecule has 0 spiro atoms. The monoisotopic (exact) mass is 348 g/mol. The molecule has 1 atom stereocenters. The van der Waals surface area contributed by atoms with E-state index < -0.39 is 0 Å². The molecule has 3 rings (SSSR count). The molecule has 0 saturated heterocycles. The largest absolute Gasteiger partial charge is 0.271 e. The summed E-state index contributed by atoms with van der Waals surface area (Å²) in [5, 5.41) is 0. The minimum Gasteiger partial charge on any atom is -0.271 e. The molecule has 2 nitrogen and oxygen atoms in total. The standard InChI is InChI=1S/C17H18BrFN2/c18-14-10-12(6-7-15(14)19)11-16(21-20)17(8-9-17)13-4-2-1-3-5-13/h1-7,10,16,21H,8-9,11,20H2. The Bertz CT molecular complexity index is 626. The van der Waals surface area contributed by atoms with Crippen LogP contribution in [0.3, 0.4) is 0 Å². The molecule has 0 aliphatic heterocycles. The van der Waals surface area contributed by atoms with Gasteiger partial charge in [-0.2, -0.15) is 0 Å². The van der Waals surface area contributed by atoms with Crippen molar-refractivity contribution in [3.63, 3.8) is 0 Å². The molecular formula is C17H18BrFN2. The number of rotatable bonds is 5. The lowest BCUT2D eigenvalue weighted by Crippen LogP contribution is -2.45. The highest BCUT2D eigenvalue weighted by Crippen LogP contribution is 2.51. The maximum absolute atomic E-state index is 13.3. The van der Waals surface area contributed by atoms with Crippen LogP contribution < -0.4 is 11.3 Å². The molecule has 1 aliphatic carbocycles. The van der Waals surface area contributed by atoms with Gasteiger partial charge in [0.05, 0.1) is 4.47 Å². The Morgan fingerprint density at radius 1 is 1.19 bits per heavy atom. The average molecular weight is 349 g/mol. The Morgan fingerprint density at radius 3 is 2.48 bits per heavy atom. The maximum atomic E-state index is 13.3. The summed E-state index contributed by atoms with van der Waals surface area (Å²) in [6, 6.07) is 15.8. The van der Waals surface area contributed by atoms with Crippen LogP contribution in [0.2, 0.25) is 0 Å². The van der Waals surface area contributed by atoms with E-state index in [1.165, 1.54) is 11.6 Å². The number of nitrogens with one attached hydrogen (secondary N) is 1. The molecular weight excluding hydrogens is 331 g/mol. The molecule has 21 heavy (non-hydrogen) atoms. The van der Waals surface area contributed by atoms with Gasteiger partial charge in [0.2, 0.25) is 0 Å². The molecule has 1 fully saturated rings. The van der Waals surface area contributed by atoms with Gasteiger partial charge >= 0.3 is 0 Å². The molecule has 3 N–H and O–H groups in total. The summed E-state index contributed by atoms with van der Waals surface area (Å²) in [4.78, 5) is 0. The molecule has 1 unspecified atom stereocenters. The second kappa shape index (κ2) is 5.87. The minimum atomic E-state index is -0.236. The number of nitrogens with two attached hydrogens (primary N) is 1. The van der Waals surface area contributed by atoms with Crippen LogP contribution in [-0.4, -0.2) is 6.04 Å². The van der Waals surface area contributed by atoms with Gasteiger partial charge in [0.1, 0.15) is 5.82 Å². The van der Waals surface area contributed by atoms with Crippen molar-refractivity contribution in [2.45, 2.75) is 30.7 Å². The van der Waals surface area contributed by atoms with Gasteiger partial charge in [0.15, 0.2) is 0 Å². The third kappa shape index (κ3) is 2.89. The van der Waals surface area contributed by atoms with Crippen LogP contribution in [0.5, 0.6) is 0 Å². The van der Waals surface area contributed by atoms with E-state index in [0.717, 1.165) is 24.8 Å². The summed E-state index contributed by atoms with van der Waals surface area (Å²) in [5.41, 5.74) is 5.49. The molecule has 0 radical (unpaired) electrons. The first kappa shape index (κ1) is 14.7. The molecule has 0 bridgehead atoms. The average Bonchev–Trinajstić information content (AvgIpc) is 3.31. The van der Waals surface area contributed by atoms with Gasteiger partial charge in [-0.05, 0) is 58.5 Å². The number of benzene rings is 2. The van der Waals surface area contributed by atoms with Gasteiger partial charge in [-0.25, -0.2) is 4.39 Å². The van der Waals surface area contributed by atoms with Crippen molar-refractivity contribution < 1.29 is 4.39 Å². The fraction of sp³-hybridized carbons (Fsp3) is 0.294. The summed E-state index contributed by atoms with van der Waals surface area (Å²) in [5.74, 6) is 5.58. The van der Waals surface area contributed by atoms with Crippen LogP contribution in [0.4, 0.5) is 4.39 Å². The normalized spacial score (nSPS) is 17.5. The van der Waals surface area contributed by atoms with Crippen molar-refractivity contribution >= 4 is 15.9 Å². The Kier molecular flexibility index (Phi) is 4.11. The first-order valence-corrected chi connectivity index (χ1v) is 7.90. The third-order valence-corrected chi connectivity index (χ3v) is 5.04. The topological polar surface area (TPSA) is 38.0 Å². The summed E-state index contributed by atoms with van der Waals surface area (Å²) < 4.78 is 13.8. The summed E-state index contributed by atoms with van der Waals surface area (Å²) in [6.45, 7) is 0. The summed E-state index contributed by atoms with van der Waals surface area (Å²) in [7, 11) is 0. The number of halogens is 2. The van der Waals surface area contributed by atoms with E-state index in [-0.39, 0.29) is 17.3 Å². The molecule has 1 aliphatic rings. The lowest BCUT2D eigenvalue weighted by molar-refractivity contribution is 0.420. The summed E-state index contributed by atoms with van der Waals surface area (Å²) >= 11 is 3.24. The molecule has 1 saturated carbocycles.